The van der Waals surface area contributed by atoms with Crippen LogP contribution in [0, 0.1) is 11.3 Å². The highest BCUT2D eigenvalue weighted by Crippen LogP contribution is 2.25. The van der Waals surface area contributed by atoms with Gasteiger partial charge in [-0.3, -0.25) is 9.89 Å². The molecule has 1 aromatic heterocycles. The van der Waals surface area contributed by atoms with Crippen molar-refractivity contribution in [3.63, 3.8) is 0 Å². The van der Waals surface area contributed by atoms with Gasteiger partial charge in [0.05, 0.1) is 24.1 Å². The van der Waals surface area contributed by atoms with Crippen LogP contribution in [0.4, 0.5) is 0 Å². The predicted molar refractivity (Wildman–Crippen MR) is 73.5 cm³/mol. The molecule has 2 aromatic rings. The minimum Gasteiger partial charge on any atom is -0.466 e. The van der Waals surface area contributed by atoms with Crippen molar-refractivity contribution in [3.05, 3.63) is 27.9 Å². The standard InChI is InChI=1S/C13H12BrN3O2/c1-2-19-13(18)4-3-11-9-6-10(14)8(7-15)5-12(9)17-16-11/h5-6H,2-4H2,1H3,(H,16,17). The molecule has 0 saturated carbocycles. The van der Waals surface area contributed by atoms with E-state index in [9.17, 15) is 4.79 Å². The molecule has 98 valence electrons. The number of aryl methyl sites for hydroxylation is 1. The number of H-pyrrole nitrogens is 1. The van der Waals surface area contributed by atoms with Crippen molar-refractivity contribution in [2.75, 3.05) is 6.61 Å². The number of nitriles is 1. The Morgan fingerprint density at radius 3 is 3.05 bits per heavy atom. The van der Waals surface area contributed by atoms with Crippen molar-refractivity contribution in [3.8, 4) is 6.07 Å². The second-order valence-electron chi connectivity index (χ2n) is 3.97. The van der Waals surface area contributed by atoms with Crippen LogP contribution >= 0.6 is 15.9 Å². The molecule has 0 bridgehead atoms. The third kappa shape index (κ3) is 2.93. The predicted octanol–water partition coefficient (Wildman–Crippen LogP) is 2.69. The number of nitrogens with zero attached hydrogens (tertiary/aromatic N) is 2. The highest BCUT2D eigenvalue weighted by atomic mass is 79.9. The van der Waals surface area contributed by atoms with Gasteiger partial charge < -0.3 is 4.74 Å². The van der Waals surface area contributed by atoms with Crippen molar-refractivity contribution in [1.82, 2.24) is 10.2 Å². The monoisotopic (exact) mass is 321 g/mol. The number of halogens is 1. The fraction of sp³-hybridized carbons (Fsp3) is 0.308. The SMILES string of the molecule is CCOC(=O)CCc1[nH]nc2cc(C#N)c(Br)cc12. The van der Waals surface area contributed by atoms with Gasteiger partial charge in [0.25, 0.3) is 0 Å². The van der Waals surface area contributed by atoms with Crippen LogP contribution in [0.25, 0.3) is 10.9 Å². The van der Waals surface area contributed by atoms with E-state index in [-0.39, 0.29) is 5.97 Å². The summed E-state index contributed by atoms with van der Waals surface area (Å²) in [6.45, 7) is 2.17. The number of hydrogen-bond acceptors (Lipinski definition) is 4. The first-order valence-corrected chi connectivity index (χ1v) is 6.67. The summed E-state index contributed by atoms with van der Waals surface area (Å²) in [7, 11) is 0. The van der Waals surface area contributed by atoms with Crippen molar-refractivity contribution >= 4 is 32.8 Å². The summed E-state index contributed by atoms with van der Waals surface area (Å²) in [5.74, 6) is -0.224. The number of fused-ring (bicyclic) bond motifs is 1. The zero-order chi connectivity index (χ0) is 13.8. The van der Waals surface area contributed by atoms with Crippen LogP contribution in [0.2, 0.25) is 0 Å². The summed E-state index contributed by atoms with van der Waals surface area (Å²) >= 11 is 3.35. The summed E-state index contributed by atoms with van der Waals surface area (Å²) in [6.07, 6.45) is 0.844. The molecule has 0 aliphatic rings. The van der Waals surface area contributed by atoms with E-state index >= 15 is 0 Å². The number of nitrogens with one attached hydrogen (secondary N) is 1. The maximum atomic E-state index is 11.3. The third-order valence-electron chi connectivity index (χ3n) is 2.73. The molecular weight excluding hydrogens is 310 g/mol. The van der Waals surface area contributed by atoms with Gasteiger partial charge >= 0.3 is 5.97 Å². The Hall–Kier alpha value is -1.87. The molecule has 0 unspecified atom stereocenters. The zero-order valence-corrected chi connectivity index (χ0v) is 12.0. The minimum absolute atomic E-state index is 0.224. The number of carbonyl (C=O) groups is 1. The lowest BCUT2D eigenvalue weighted by Gasteiger charge is -2.01. The lowest BCUT2D eigenvalue weighted by atomic mass is 10.1. The molecule has 19 heavy (non-hydrogen) atoms. The summed E-state index contributed by atoms with van der Waals surface area (Å²) in [6, 6.07) is 5.65. The van der Waals surface area contributed by atoms with E-state index in [2.05, 4.69) is 32.2 Å². The largest absolute Gasteiger partial charge is 0.466 e. The van der Waals surface area contributed by atoms with E-state index < -0.39 is 0 Å². The molecule has 6 heteroatoms. The Morgan fingerprint density at radius 2 is 2.37 bits per heavy atom. The molecule has 1 N–H and O–H groups in total. The molecule has 1 aromatic carbocycles. The van der Waals surface area contributed by atoms with Gasteiger partial charge in [-0.2, -0.15) is 10.4 Å². The van der Waals surface area contributed by atoms with Gasteiger partial charge in [-0.1, -0.05) is 0 Å². The molecule has 0 amide bonds. The first-order chi connectivity index (χ1) is 9.15. The van der Waals surface area contributed by atoms with Crippen LogP contribution in [-0.4, -0.2) is 22.8 Å². The van der Waals surface area contributed by atoms with Crippen molar-refractivity contribution in [2.24, 2.45) is 0 Å². The lowest BCUT2D eigenvalue weighted by Crippen LogP contribution is -2.05. The van der Waals surface area contributed by atoms with Crippen LogP contribution in [0.15, 0.2) is 16.6 Å². The Morgan fingerprint density at radius 1 is 1.58 bits per heavy atom. The maximum Gasteiger partial charge on any atom is 0.306 e. The summed E-state index contributed by atoms with van der Waals surface area (Å²) in [5, 5.41) is 16.9. The molecule has 0 fully saturated rings. The Kier molecular flexibility index (Phi) is 4.17. The average molecular weight is 322 g/mol. The van der Waals surface area contributed by atoms with E-state index in [0.29, 0.717) is 25.0 Å². The quantitative estimate of drug-likeness (QED) is 0.878. The molecular formula is C13H12BrN3O2. The molecule has 0 radical (unpaired) electrons. The van der Waals surface area contributed by atoms with Crippen LogP contribution in [-0.2, 0) is 16.0 Å². The smallest absolute Gasteiger partial charge is 0.306 e. The van der Waals surface area contributed by atoms with Crippen molar-refractivity contribution in [2.45, 2.75) is 19.8 Å². The van der Waals surface area contributed by atoms with Gasteiger partial charge in [-0.25, -0.2) is 0 Å². The van der Waals surface area contributed by atoms with Crippen molar-refractivity contribution < 1.29 is 9.53 Å². The molecule has 5 nitrogen and oxygen atoms in total. The molecule has 0 saturated heterocycles. The van der Waals surface area contributed by atoms with Crippen LogP contribution in [0.3, 0.4) is 0 Å². The van der Waals surface area contributed by atoms with E-state index in [1.807, 2.05) is 6.07 Å². The molecule has 0 aliphatic carbocycles. The van der Waals surface area contributed by atoms with E-state index in [1.165, 1.54) is 0 Å². The Balaban J connectivity index is 2.23. The Labute approximate surface area is 118 Å². The first kappa shape index (κ1) is 13.6. The van der Waals surface area contributed by atoms with Crippen LogP contribution < -0.4 is 0 Å². The maximum absolute atomic E-state index is 11.3. The molecule has 0 atom stereocenters. The van der Waals surface area contributed by atoms with Gasteiger partial charge in [-0.15, -0.1) is 0 Å². The van der Waals surface area contributed by atoms with Gasteiger partial charge in [0.2, 0.25) is 0 Å². The minimum atomic E-state index is -0.224. The fourth-order valence-electron chi connectivity index (χ4n) is 1.82. The highest BCUT2D eigenvalue weighted by Gasteiger charge is 2.11. The number of aromatic nitrogens is 2. The molecule has 0 spiro atoms. The topological polar surface area (TPSA) is 78.8 Å². The zero-order valence-electron chi connectivity index (χ0n) is 10.4. The number of carbonyl (C=O) groups excluding carboxylic acids is 1. The first-order valence-electron chi connectivity index (χ1n) is 5.88. The molecule has 2 rings (SSSR count). The second-order valence-corrected chi connectivity index (χ2v) is 4.82. The van der Waals surface area contributed by atoms with Gasteiger partial charge in [0.15, 0.2) is 0 Å². The average Bonchev–Trinajstić information content (AvgIpc) is 2.78. The van der Waals surface area contributed by atoms with E-state index in [4.69, 9.17) is 10.00 Å². The fourth-order valence-corrected chi connectivity index (χ4v) is 2.25. The van der Waals surface area contributed by atoms with Crippen LogP contribution in [0.5, 0.6) is 0 Å². The van der Waals surface area contributed by atoms with Crippen LogP contribution in [0.1, 0.15) is 24.6 Å². The summed E-state index contributed by atoms with van der Waals surface area (Å²) in [5.41, 5.74) is 2.13. The third-order valence-corrected chi connectivity index (χ3v) is 3.38. The number of ether oxygens (including phenoxy) is 1. The number of esters is 1. The molecule has 0 aliphatic heterocycles. The number of aromatic amines is 1. The summed E-state index contributed by atoms with van der Waals surface area (Å²) < 4.78 is 5.61. The van der Waals surface area contributed by atoms with Gasteiger partial charge in [-0.05, 0) is 35.0 Å². The number of hydrogen-bond donors (Lipinski definition) is 1. The van der Waals surface area contributed by atoms with Gasteiger partial charge in [0, 0.05) is 22.0 Å². The summed E-state index contributed by atoms with van der Waals surface area (Å²) in [4.78, 5) is 11.3. The lowest BCUT2D eigenvalue weighted by molar-refractivity contribution is -0.143. The highest BCUT2D eigenvalue weighted by molar-refractivity contribution is 9.10. The van der Waals surface area contributed by atoms with E-state index in [0.717, 1.165) is 21.1 Å². The molecule has 1 heterocycles. The number of benzene rings is 1. The van der Waals surface area contributed by atoms with Gasteiger partial charge in [0.1, 0.15) is 6.07 Å². The van der Waals surface area contributed by atoms with E-state index in [1.54, 1.807) is 13.0 Å². The van der Waals surface area contributed by atoms with Crippen molar-refractivity contribution in [1.29, 1.82) is 5.26 Å². The number of rotatable bonds is 4. The Bertz CT molecular complexity index is 658. The normalized spacial score (nSPS) is 10.4. The second kappa shape index (κ2) is 5.85.